The maximum absolute atomic E-state index is 5.41. The Hall–Kier alpha value is -1.20. The topological polar surface area (TPSA) is 42.2 Å². The van der Waals surface area contributed by atoms with E-state index in [0.29, 0.717) is 0 Å². The van der Waals surface area contributed by atoms with Crippen LogP contribution in [-0.4, -0.2) is 34.2 Å². The molecular formula is C18H25N3OS. The highest BCUT2D eigenvalue weighted by Crippen LogP contribution is 2.35. The molecule has 4 rings (SSSR count). The van der Waals surface area contributed by atoms with Crippen LogP contribution in [0.25, 0.3) is 10.7 Å². The standard InChI is InChI=1S/C18H25N3OS/c1-2-8-15-14(6-1)7-3-11-21(15)12-4-10-17-19-18(20-22-17)16-9-5-13-23-16/h5,9,13-15H,1-4,6-8,10-12H2. The Morgan fingerprint density at radius 2 is 2.13 bits per heavy atom. The Labute approximate surface area is 141 Å². The average Bonchev–Trinajstić information content (AvgIpc) is 3.26. The molecule has 2 unspecified atom stereocenters. The number of nitrogens with zero attached hydrogens (tertiary/aromatic N) is 3. The summed E-state index contributed by atoms with van der Waals surface area (Å²) in [6.45, 7) is 2.46. The predicted octanol–water partition coefficient (Wildman–Crippen LogP) is 4.39. The number of fused-ring (bicyclic) bond motifs is 1. The van der Waals surface area contributed by atoms with Crippen LogP contribution in [0.15, 0.2) is 22.0 Å². The van der Waals surface area contributed by atoms with Crippen molar-refractivity contribution in [3.63, 3.8) is 0 Å². The Balaban J connectivity index is 1.30. The summed E-state index contributed by atoms with van der Waals surface area (Å²) in [6, 6.07) is 4.91. The fourth-order valence-corrected chi connectivity index (χ4v) is 4.95. The van der Waals surface area contributed by atoms with E-state index < -0.39 is 0 Å². The fraction of sp³-hybridized carbons (Fsp3) is 0.667. The average molecular weight is 331 g/mol. The minimum atomic E-state index is 0.736. The number of hydrogen-bond donors (Lipinski definition) is 0. The summed E-state index contributed by atoms with van der Waals surface area (Å²) in [5.74, 6) is 2.48. The van der Waals surface area contributed by atoms with Crippen LogP contribution in [0.4, 0.5) is 0 Å². The third-order valence-corrected chi connectivity index (χ3v) is 6.27. The van der Waals surface area contributed by atoms with Crippen LogP contribution in [0.5, 0.6) is 0 Å². The molecule has 2 aromatic rings. The van der Waals surface area contributed by atoms with Crippen molar-refractivity contribution in [3.8, 4) is 10.7 Å². The van der Waals surface area contributed by atoms with Crippen molar-refractivity contribution in [2.75, 3.05) is 13.1 Å². The van der Waals surface area contributed by atoms with Gasteiger partial charge in [-0.25, -0.2) is 0 Å². The molecule has 2 aliphatic rings. The maximum Gasteiger partial charge on any atom is 0.227 e. The van der Waals surface area contributed by atoms with Gasteiger partial charge in [0.15, 0.2) is 0 Å². The minimum Gasteiger partial charge on any atom is -0.339 e. The van der Waals surface area contributed by atoms with E-state index in [4.69, 9.17) is 4.52 Å². The molecule has 2 aromatic heterocycles. The molecule has 0 N–H and O–H groups in total. The molecular weight excluding hydrogens is 306 g/mol. The van der Waals surface area contributed by atoms with Crippen LogP contribution in [0.1, 0.15) is 50.8 Å². The molecule has 124 valence electrons. The zero-order valence-electron chi connectivity index (χ0n) is 13.6. The van der Waals surface area contributed by atoms with Crippen LogP contribution >= 0.6 is 11.3 Å². The molecule has 5 heteroatoms. The lowest BCUT2D eigenvalue weighted by molar-refractivity contribution is 0.0597. The highest BCUT2D eigenvalue weighted by atomic mass is 32.1. The highest BCUT2D eigenvalue weighted by Gasteiger charge is 2.32. The molecule has 1 aliphatic heterocycles. The second-order valence-electron chi connectivity index (χ2n) is 6.88. The second-order valence-corrected chi connectivity index (χ2v) is 7.83. The molecule has 0 amide bonds. The second kappa shape index (κ2) is 7.14. The first-order valence-corrected chi connectivity index (χ1v) is 9.88. The monoisotopic (exact) mass is 331 g/mol. The number of thiophene rings is 1. The van der Waals surface area contributed by atoms with E-state index in [-0.39, 0.29) is 0 Å². The number of aromatic nitrogens is 2. The van der Waals surface area contributed by atoms with E-state index in [1.807, 2.05) is 17.5 Å². The zero-order chi connectivity index (χ0) is 15.5. The first-order chi connectivity index (χ1) is 11.4. The summed E-state index contributed by atoms with van der Waals surface area (Å²) >= 11 is 1.66. The van der Waals surface area contributed by atoms with Crippen LogP contribution < -0.4 is 0 Å². The van der Waals surface area contributed by atoms with Gasteiger partial charge in [0.1, 0.15) is 0 Å². The summed E-state index contributed by atoms with van der Waals surface area (Å²) in [5.41, 5.74) is 0. The molecule has 4 nitrogen and oxygen atoms in total. The molecule has 2 atom stereocenters. The Kier molecular flexibility index (Phi) is 4.76. The predicted molar refractivity (Wildman–Crippen MR) is 92.5 cm³/mol. The number of rotatable bonds is 5. The van der Waals surface area contributed by atoms with Gasteiger partial charge in [-0.15, -0.1) is 11.3 Å². The van der Waals surface area contributed by atoms with Crippen molar-refractivity contribution in [2.45, 2.75) is 57.4 Å². The van der Waals surface area contributed by atoms with E-state index in [9.17, 15) is 0 Å². The number of likely N-dealkylation sites (tertiary alicyclic amines) is 1. The van der Waals surface area contributed by atoms with Gasteiger partial charge in [-0.1, -0.05) is 24.1 Å². The lowest BCUT2D eigenvalue weighted by Crippen LogP contribution is -2.47. The molecule has 0 radical (unpaired) electrons. The van der Waals surface area contributed by atoms with Crippen LogP contribution in [0.2, 0.25) is 0 Å². The Morgan fingerprint density at radius 1 is 1.22 bits per heavy atom. The van der Waals surface area contributed by atoms with Gasteiger partial charge < -0.3 is 9.42 Å². The van der Waals surface area contributed by atoms with Crippen molar-refractivity contribution in [2.24, 2.45) is 5.92 Å². The summed E-state index contributed by atoms with van der Waals surface area (Å²) in [5, 5.41) is 6.14. The number of hydrogen-bond acceptors (Lipinski definition) is 5. The van der Waals surface area contributed by atoms with Gasteiger partial charge in [-0.3, -0.25) is 0 Å². The lowest BCUT2D eigenvalue weighted by Gasteiger charge is -2.44. The first-order valence-electron chi connectivity index (χ1n) is 9.00. The molecule has 0 spiro atoms. The molecule has 23 heavy (non-hydrogen) atoms. The first kappa shape index (κ1) is 15.3. The summed E-state index contributed by atoms with van der Waals surface area (Å²) < 4.78 is 5.41. The van der Waals surface area contributed by atoms with Crippen molar-refractivity contribution < 1.29 is 4.52 Å². The van der Waals surface area contributed by atoms with Crippen molar-refractivity contribution in [3.05, 3.63) is 23.4 Å². The molecule has 0 aromatic carbocycles. The van der Waals surface area contributed by atoms with Gasteiger partial charge in [-0.2, -0.15) is 4.98 Å². The Bertz CT molecular complexity index is 608. The third kappa shape index (κ3) is 3.50. The normalized spacial score (nSPS) is 25.4. The van der Waals surface area contributed by atoms with Gasteiger partial charge in [0.25, 0.3) is 0 Å². The largest absolute Gasteiger partial charge is 0.339 e. The van der Waals surface area contributed by atoms with E-state index in [0.717, 1.165) is 41.4 Å². The van der Waals surface area contributed by atoms with Gasteiger partial charge in [0.05, 0.1) is 4.88 Å². The Morgan fingerprint density at radius 3 is 3.04 bits per heavy atom. The molecule has 1 aliphatic carbocycles. The van der Waals surface area contributed by atoms with Crippen molar-refractivity contribution in [1.82, 2.24) is 15.0 Å². The molecule has 1 saturated heterocycles. The summed E-state index contributed by atoms with van der Waals surface area (Å²) in [4.78, 5) is 8.36. The smallest absolute Gasteiger partial charge is 0.227 e. The lowest BCUT2D eigenvalue weighted by atomic mass is 9.78. The fourth-order valence-electron chi connectivity index (χ4n) is 4.30. The van der Waals surface area contributed by atoms with Crippen LogP contribution in [0, 0.1) is 5.92 Å². The van der Waals surface area contributed by atoms with Gasteiger partial charge in [0.2, 0.25) is 11.7 Å². The van der Waals surface area contributed by atoms with Crippen LogP contribution in [-0.2, 0) is 6.42 Å². The SMILES string of the molecule is c1csc(-c2noc(CCCN3CCCC4CCCCC43)n2)c1. The molecule has 3 heterocycles. The number of piperidine rings is 1. The minimum absolute atomic E-state index is 0.736. The van der Waals surface area contributed by atoms with E-state index in [1.54, 1.807) is 11.3 Å². The van der Waals surface area contributed by atoms with E-state index >= 15 is 0 Å². The quantitative estimate of drug-likeness (QED) is 0.815. The van der Waals surface area contributed by atoms with E-state index in [2.05, 4.69) is 15.0 Å². The van der Waals surface area contributed by atoms with Crippen molar-refractivity contribution >= 4 is 11.3 Å². The van der Waals surface area contributed by atoms with Gasteiger partial charge >= 0.3 is 0 Å². The van der Waals surface area contributed by atoms with E-state index in [1.165, 1.54) is 51.6 Å². The third-order valence-electron chi connectivity index (χ3n) is 5.40. The summed E-state index contributed by atoms with van der Waals surface area (Å²) in [7, 11) is 0. The van der Waals surface area contributed by atoms with Gasteiger partial charge in [-0.05, 0) is 62.6 Å². The van der Waals surface area contributed by atoms with Crippen LogP contribution in [0.3, 0.4) is 0 Å². The van der Waals surface area contributed by atoms with Gasteiger partial charge in [0, 0.05) is 12.5 Å². The maximum atomic E-state index is 5.41. The highest BCUT2D eigenvalue weighted by molar-refractivity contribution is 7.13. The zero-order valence-corrected chi connectivity index (χ0v) is 14.4. The molecule has 1 saturated carbocycles. The number of aryl methyl sites for hydroxylation is 1. The molecule has 0 bridgehead atoms. The summed E-state index contributed by atoms with van der Waals surface area (Å²) in [6.07, 6.45) is 10.6. The molecule has 2 fully saturated rings. The van der Waals surface area contributed by atoms with Crippen molar-refractivity contribution in [1.29, 1.82) is 0 Å².